The maximum atomic E-state index is 10.5. The van der Waals surface area contributed by atoms with E-state index in [1.807, 2.05) is 18.1 Å². The van der Waals surface area contributed by atoms with Crippen molar-refractivity contribution in [2.75, 3.05) is 13.6 Å². The quantitative estimate of drug-likeness (QED) is 0.576. The van der Waals surface area contributed by atoms with Crippen molar-refractivity contribution in [2.24, 2.45) is 5.92 Å². The second kappa shape index (κ2) is 4.94. The summed E-state index contributed by atoms with van der Waals surface area (Å²) in [7, 11) is 1.97. The van der Waals surface area contributed by atoms with Gasteiger partial charge in [0.25, 0.3) is 0 Å². The Morgan fingerprint density at radius 1 is 1.55 bits per heavy atom. The third kappa shape index (κ3) is 7.10. The van der Waals surface area contributed by atoms with Gasteiger partial charge in [-0.3, -0.25) is 4.79 Å². The summed E-state index contributed by atoms with van der Waals surface area (Å²) in [4.78, 5) is 12.5. The van der Waals surface area contributed by atoms with Crippen molar-refractivity contribution < 1.29 is 4.79 Å². The Morgan fingerprint density at radius 3 is 2.45 bits per heavy atom. The third-order valence-corrected chi connectivity index (χ3v) is 1.22. The first-order valence-electron chi connectivity index (χ1n) is 3.91. The van der Waals surface area contributed by atoms with Crippen LogP contribution in [0.25, 0.3) is 0 Å². The van der Waals surface area contributed by atoms with E-state index < -0.39 is 0 Å². The van der Waals surface area contributed by atoms with Crippen molar-refractivity contribution in [3.63, 3.8) is 0 Å². The van der Waals surface area contributed by atoms with Crippen LogP contribution < -0.4 is 0 Å². The number of hydrogen-bond acceptors (Lipinski definition) is 2. The summed E-state index contributed by atoms with van der Waals surface area (Å²) in [6.07, 6.45) is 3.41. The Bertz CT molecular complexity index is 150. The minimum atomic E-state index is 0.0978. The van der Waals surface area contributed by atoms with E-state index >= 15 is 0 Å². The van der Waals surface area contributed by atoms with Gasteiger partial charge in [0.1, 0.15) is 0 Å². The van der Waals surface area contributed by atoms with Gasteiger partial charge in [-0.1, -0.05) is 13.8 Å². The molecule has 0 unspecified atom stereocenters. The van der Waals surface area contributed by atoms with Crippen LogP contribution in [0.3, 0.4) is 0 Å². The molecule has 0 heterocycles. The molecule has 0 aromatic carbocycles. The lowest BCUT2D eigenvalue weighted by Crippen LogP contribution is -2.17. The summed E-state index contributed by atoms with van der Waals surface area (Å²) in [6.45, 7) is 6.85. The number of ketones is 1. The predicted octanol–water partition coefficient (Wildman–Crippen LogP) is 1.68. The highest BCUT2D eigenvalue weighted by atomic mass is 16.1. The number of hydrogen-bond donors (Lipinski definition) is 0. The zero-order valence-corrected chi connectivity index (χ0v) is 7.79. The van der Waals surface area contributed by atoms with Gasteiger partial charge in [0.2, 0.25) is 0 Å². The van der Waals surface area contributed by atoms with Gasteiger partial charge in [-0.25, -0.2) is 0 Å². The molecule has 0 aromatic rings. The van der Waals surface area contributed by atoms with E-state index in [0.717, 1.165) is 6.54 Å². The SMILES string of the molecule is CC(=O)C=CN(C)CC(C)C. The lowest BCUT2D eigenvalue weighted by Gasteiger charge is -2.15. The number of allylic oxidation sites excluding steroid dienone is 1. The Hall–Kier alpha value is -0.790. The van der Waals surface area contributed by atoms with Gasteiger partial charge >= 0.3 is 0 Å². The maximum absolute atomic E-state index is 10.5. The highest BCUT2D eigenvalue weighted by Crippen LogP contribution is 1.95. The second-order valence-electron chi connectivity index (χ2n) is 3.26. The molecule has 11 heavy (non-hydrogen) atoms. The zero-order chi connectivity index (χ0) is 8.85. The summed E-state index contributed by atoms with van der Waals surface area (Å²) >= 11 is 0. The van der Waals surface area contributed by atoms with Crippen LogP contribution in [0.1, 0.15) is 20.8 Å². The molecule has 0 fully saturated rings. The molecule has 0 atom stereocenters. The van der Waals surface area contributed by atoms with Gasteiger partial charge in [-0.15, -0.1) is 0 Å². The Balaban J connectivity index is 3.68. The van der Waals surface area contributed by atoms with Crippen LogP contribution in [0.5, 0.6) is 0 Å². The molecule has 0 spiro atoms. The Kier molecular flexibility index (Phi) is 4.59. The van der Waals surface area contributed by atoms with Crippen molar-refractivity contribution in [1.29, 1.82) is 0 Å². The summed E-state index contributed by atoms with van der Waals surface area (Å²) in [5.74, 6) is 0.734. The Morgan fingerprint density at radius 2 is 2.09 bits per heavy atom. The molecular weight excluding hydrogens is 138 g/mol. The van der Waals surface area contributed by atoms with Crippen LogP contribution in [0.2, 0.25) is 0 Å². The van der Waals surface area contributed by atoms with Crippen LogP contribution in [0, 0.1) is 5.92 Å². The van der Waals surface area contributed by atoms with Crippen LogP contribution in [-0.4, -0.2) is 24.3 Å². The van der Waals surface area contributed by atoms with Gasteiger partial charge in [0.05, 0.1) is 0 Å². The number of carbonyl (C=O) groups is 1. The van der Waals surface area contributed by atoms with Gasteiger partial charge in [0, 0.05) is 19.8 Å². The van der Waals surface area contributed by atoms with Crippen LogP contribution in [-0.2, 0) is 4.79 Å². The van der Waals surface area contributed by atoms with Crippen LogP contribution in [0.15, 0.2) is 12.3 Å². The molecule has 64 valence electrons. The second-order valence-corrected chi connectivity index (χ2v) is 3.26. The van der Waals surface area contributed by atoms with Crippen molar-refractivity contribution in [3.8, 4) is 0 Å². The van der Waals surface area contributed by atoms with E-state index in [2.05, 4.69) is 13.8 Å². The molecule has 0 aliphatic heterocycles. The molecule has 0 aromatic heterocycles. The zero-order valence-electron chi connectivity index (χ0n) is 7.79. The molecule has 0 bridgehead atoms. The summed E-state index contributed by atoms with van der Waals surface area (Å²) in [6, 6.07) is 0. The molecule has 0 amide bonds. The summed E-state index contributed by atoms with van der Waals surface area (Å²) in [5, 5.41) is 0. The molecule has 2 heteroatoms. The van der Waals surface area contributed by atoms with Crippen LogP contribution >= 0.6 is 0 Å². The summed E-state index contributed by atoms with van der Waals surface area (Å²) < 4.78 is 0. The average molecular weight is 155 g/mol. The predicted molar refractivity (Wildman–Crippen MR) is 47.3 cm³/mol. The lowest BCUT2D eigenvalue weighted by molar-refractivity contribution is -0.112. The molecule has 0 saturated heterocycles. The molecule has 0 aliphatic rings. The molecule has 0 N–H and O–H groups in total. The molecule has 2 nitrogen and oxygen atoms in total. The largest absolute Gasteiger partial charge is 0.380 e. The van der Waals surface area contributed by atoms with Gasteiger partial charge in [0.15, 0.2) is 5.78 Å². The minimum absolute atomic E-state index is 0.0978. The fraction of sp³-hybridized carbons (Fsp3) is 0.667. The average Bonchev–Trinajstić information content (AvgIpc) is 1.82. The monoisotopic (exact) mass is 155 g/mol. The lowest BCUT2D eigenvalue weighted by atomic mass is 10.2. The first-order valence-corrected chi connectivity index (χ1v) is 3.91. The maximum Gasteiger partial charge on any atom is 0.154 e. The van der Waals surface area contributed by atoms with E-state index in [1.54, 1.807) is 13.0 Å². The number of rotatable bonds is 4. The summed E-state index contributed by atoms with van der Waals surface area (Å²) in [5.41, 5.74) is 0. The normalized spacial score (nSPS) is 11.0. The van der Waals surface area contributed by atoms with E-state index in [0.29, 0.717) is 5.92 Å². The highest BCUT2D eigenvalue weighted by molar-refractivity contribution is 5.87. The van der Waals surface area contributed by atoms with Gasteiger partial charge in [-0.05, 0) is 18.9 Å². The molecular formula is C9H17NO. The first-order chi connectivity index (χ1) is 5.02. The van der Waals surface area contributed by atoms with Gasteiger partial charge < -0.3 is 4.90 Å². The van der Waals surface area contributed by atoms with E-state index in [-0.39, 0.29) is 5.78 Å². The molecule has 0 aliphatic carbocycles. The van der Waals surface area contributed by atoms with Crippen molar-refractivity contribution in [2.45, 2.75) is 20.8 Å². The van der Waals surface area contributed by atoms with E-state index in [4.69, 9.17) is 0 Å². The molecule has 0 saturated carbocycles. The number of nitrogens with zero attached hydrogens (tertiary/aromatic N) is 1. The topological polar surface area (TPSA) is 20.3 Å². The van der Waals surface area contributed by atoms with Crippen molar-refractivity contribution in [1.82, 2.24) is 4.90 Å². The fourth-order valence-corrected chi connectivity index (χ4v) is 0.869. The van der Waals surface area contributed by atoms with E-state index in [9.17, 15) is 4.79 Å². The highest BCUT2D eigenvalue weighted by Gasteiger charge is 1.95. The Labute approximate surface area is 68.9 Å². The van der Waals surface area contributed by atoms with Crippen molar-refractivity contribution in [3.05, 3.63) is 12.3 Å². The van der Waals surface area contributed by atoms with E-state index in [1.165, 1.54) is 0 Å². The third-order valence-electron chi connectivity index (χ3n) is 1.22. The minimum Gasteiger partial charge on any atom is -0.380 e. The smallest absolute Gasteiger partial charge is 0.154 e. The first kappa shape index (κ1) is 10.2. The standard InChI is InChI=1S/C9H17NO/c1-8(2)7-10(4)6-5-9(3)11/h5-6,8H,7H2,1-4H3. The molecule has 0 rings (SSSR count). The van der Waals surface area contributed by atoms with Gasteiger partial charge in [-0.2, -0.15) is 0 Å². The number of carbonyl (C=O) groups excluding carboxylic acids is 1. The van der Waals surface area contributed by atoms with Crippen LogP contribution in [0.4, 0.5) is 0 Å². The molecule has 0 radical (unpaired) electrons. The van der Waals surface area contributed by atoms with Crippen molar-refractivity contribution >= 4 is 5.78 Å². The fourth-order valence-electron chi connectivity index (χ4n) is 0.869.